The largest absolute Gasteiger partial charge is 0.277 e. The minimum absolute atomic E-state index is 0.287. The minimum atomic E-state index is -4.19. The second kappa shape index (κ2) is 7.25. The van der Waals surface area contributed by atoms with Crippen molar-refractivity contribution in [2.24, 2.45) is 0 Å². The summed E-state index contributed by atoms with van der Waals surface area (Å²) < 4.78 is 73.3. The first-order valence-electron chi connectivity index (χ1n) is 6.65. The second-order valence-corrected chi connectivity index (χ2v) is 8.49. The van der Waals surface area contributed by atoms with Gasteiger partial charge >= 0.3 is 0 Å². The molecule has 0 aliphatic carbocycles. The Bertz CT molecular complexity index is 973. The Hall–Kier alpha value is -2.37. The molecule has 0 saturated heterocycles. The van der Waals surface area contributed by atoms with Crippen molar-refractivity contribution in [1.29, 1.82) is 0 Å². The monoisotopic (exact) mass is 390 g/mol. The standard InChI is InChI=1S/C14H12F2N2O5S2/c15-10-1-5-12(6-2-10)24(20,21)9-14(19)17-18-25(22,23)13-7-3-11(16)4-8-13/h1-8,18H,9H2,(H,17,19). The molecule has 0 aromatic heterocycles. The normalized spacial score (nSPS) is 11.9. The summed E-state index contributed by atoms with van der Waals surface area (Å²) in [6.07, 6.45) is 0. The minimum Gasteiger partial charge on any atom is -0.277 e. The van der Waals surface area contributed by atoms with E-state index in [-0.39, 0.29) is 9.79 Å². The van der Waals surface area contributed by atoms with Crippen LogP contribution in [0.2, 0.25) is 0 Å². The van der Waals surface area contributed by atoms with Crippen LogP contribution in [0.4, 0.5) is 8.78 Å². The van der Waals surface area contributed by atoms with Gasteiger partial charge in [0.25, 0.3) is 15.9 Å². The van der Waals surface area contributed by atoms with Crippen LogP contribution < -0.4 is 10.3 Å². The number of carbonyl (C=O) groups is 1. The van der Waals surface area contributed by atoms with Gasteiger partial charge < -0.3 is 0 Å². The Morgan fingerprint density at radius 2 is 1.24 bits per heavy atom. The summed E-state index contributed by atoms with van der Waals surface area (Å²) >= 11 is 0. The molecule has 25 heavy (non-hydrogen) atoms. The first kappa shape index (κ1) is 19.0. The van der Waals surface area contributed by atoms with E-state index in [1.54, 1.807) is 10.3 Å². The van der Waals surface area contributed by atoms with Gasteiger partial charge in [0, 0.05) is 0 Å². The van der Waals surface area contributed by atoms with Gasteiger partial charge in [-0.1, -0.05) is 0 Å². The maximum Gasteiger partial charge on any atom is 0.257 e. The molecule has 7 nitrogen and oxygen atoms in total. The number of sulfone groups is 1. The third kappa shape index (κ3) is 5.05. The lowest BCUT2D eigenvalue weighted by molar-refractivity contribution is -0.119. The molecule has 0 bridgehead atoms. The van der Waals surface area contributed by atoms with Gasteiger partial charge in [0.15, 0.2) is 9.84 Å². The van der Waals surface area contributed by atoms with Crippen molar-refractivity contribution in [2.45, 2.75) is 9.79 Å². The Labute approximate surface area is 142 Å². The topological polar surface area (TPSA) is 109 Å². The molecule has 0 saturated carbocycles. The zero-order valence-corrected chi connectivity index (χ0v) is 14.1. The van der Waals surface area contributed by atoms with Crippen molar-refractivity contribution in [3.05, 3.63) is 60.2 Å². The van der Waals surface area contributed by atoms with E-state index in [1.807, 2.05) is 0 Å². The van der Waals surface area contributed by atoms with Crippen molar-refractivity contribution in [1.82, 2.24) is 10.3 Å². The van der Waals surface area contributed by atoms with Gasteiger partial charge in [-0.2, -0.15) is 0 Å². The highest BCUT2D eigenvalue weighted by Crippen LogP contribution is 2.12. The van der Waals surface area contributed by atoms with Gasteiger partial charge in [-0.25, -0.2) is 25.6 Å². The number of hydrogen-bond acceptors (Lipinski definition) is 5. The number of halogens is 2. The van der Waals surface area contributed by atoms with Crippen LogP contribution in [0, 0.1) is 11.6 Å². The summed E-state index contributed by atoms with van der Waals surface area (Å²) in [7, 11) is -8.27. The van der Waals surface area contributed by atoms with E-state index in [0.717, 1.165) is 48.5 Å². The molecule has 0 fully saturated rings. The summed E-state index contributed by atoms with van der Waals surface area (Å²) in [5, 5.41) is 0. The van der Waals surface area contributed by atoms with Gasteiger partial charge in [-0.3, -0.25) is 10.2 Å². The maximum absolute atomic E-state index is 12.8. The quantitative estimate of drug-likeness (QED) is 0.559. The van der Waals surface area contributed by atoms with E-state index in [0.29, 0.717) is 0 Å². The van der Waals surface area contributed by atoms with E-state index in [2.05, 4.69) is 0 Å². The molecule has 1 amide bonds. The Kier molecular flexibility index (Phi) is 5.50. The molecule has 0 aliphatic heterocycles. The lowest BCUT2D eigenvalue weighted by atomic mass is 10.4. The van der Waals surface area contributed by atoms with E-state index < -0.39 is 43.2 Å². The highest BCUT2D eigenvalue weighted by molar-refractivity contribution is 7.92. The van der Waals surface area contributed by atoms with Crippen LogP contribution in [-0.4, -0.2) is 28.5 Å². The van der Waals surface area contributed by atoms with Crippen molar-refractivity contribution < 1.29 is 30.4 Å². The molecule has 0 atom stereocenters. The Morgan fingerprint density at radius 1 is 0.800 bits per heavy atom. The average molecular weight is 390 g/mol. The molecule has 0 heterocycles. The van der Waals surface area contributed by atoms with Crippen LogP contribution in [0.5, 0.6) is 0 Å². The zero-order chi connectivity index (χ0) is 18.7. The summed E-state index contributed by atoms with van der Waals surface area (Å²) in [4.78, 5) is 12.8. The first-order valence-corrected chi connectivity index (χ1v) is 9.78. The zero-order valence-electron chi connectivity index (χ0n) is 12.4. The number of carbonyl (C=O) groups excluding carboxylic acids is 1. The Balaban J connectivity index is 2.02. The van der Waals surface area contributed by atoms with Crippen LogP contribution in [0.25, 0.3) is 0 Å². The molecule has 2 aromatic rings. The van der Waals surface area contributed by atoms with Crippen LogP contribution in [0.1, 0.15) is 0 Å². The number of hydrazine groups is 1. The smallest absolute Gasteiger partial charge is 0.257 e. The second-order valence-electron chi connectivity index (χ2n) is 4.82. The molecular weight excluding hydrogens is 378 g/mol. The molecule has 2 N–H and O–H groups in total. The molecular formula is C14H12F2N2O5S2. The first-order chi connectivity index (χ1) is 11.6. The fraction of sp³-hybridized carbons (Fsp3) is 0.0714. The summed E-state index contributed by atoms with van der Waals surface area (Å²) in [5.74, 6) is -3.48. The van der Waals surface area contributed by atoms with E-state index in [9.17, 15) is 30.4 Å². The highest BCUT2D eigenvalue weighted by atomic mass is 32.2. The Morgan fingerprint density at radius 3 is 1.72 bits per heavy atom. The van der Waals surface area contributed by atoms with Crippen molar-refractivity contribution >= 4 is 25.8 Å². The predicted octanol–water partition coefficient (Wildman–Crippen LogP) is 0.748. The van der Waals surface area contributed by atoms with Crippen molar-refractivity contribution in [3.63, 3.8) is 0 Å². The fourth-order valence-electron chi connectivity index (χ4n) is 1.73. The SMILES string of the molecule is O=C(CS(=O)(=O)c1ccc(F)cc1)NNS(=O)(=O)c1ccc(F)cc1. The lowest BCUT2D eigenvalue weighted by Crippen LogP contribution is -2.44. The molecule has 0 spiro atoms. The van der Waals surface area contributed by atoms with Crippen LogP contribution in [0.3, 0.4) is 0 Å². The van der Waals surface area contributed by atoms with Gasteiger partial charge in [0.1, 0.15) is 17.4 Å². The van der Waals surface area contributed by atoms with Crippen LogP contribution in [-0.2, 0) is 24.7 Å². The third-order valence-electron chi connectivity index (χ3n) is 2.94. The molecule has 11 heteroatoms. The predicted molar refractivity (Wildman–Crippen MR) is 83.3 cm³/mol. The molecule has 2 rings (SSSR count). The van der Waals surface area contributed by atoms with Gasteiger partial charge in [0.2, 0.25) is 0 Å². The molecule has 0 aliphatic rings. The van der Waals surface area contributed by atoms with Crippen LogP contribution in [0.15, 0.2) is 58.3 Å². The van der Waals surface area contributed by atoms with E-state index in [4.69, 9.17) is 0 Å². The summed E-state index contributed by atoms with van der Waals surface area (Å²) in [5.41, 5.74) is 1.75. The summed E-state index contributed by atoms with van der Waals surface area (Å²) in [6, 6.07) is 7.58. The van der Waals surface area contributed by atoms with Gasteiger partial charge in [-0.05, 0) is 48.5 Å². The average Bonchev–Trinajstić information content (AvgIpc) is 2.53. The molecule has 0 unspecified atom stereocenters. The lowest BCUT2D eigenvalue weighted by Gasteiger charge is -2.09. The third-order valence-corrected chi connectivity index (χ3v) is 5.84. The number of hydrogen-bond donors (Lipinski definition) is 2. The molecule has 2 aromatic carbocycles. The molecule has 0 radical (unpaired) electrons. The van der Waals surface area contributed by atoms with E-state index in [1.165, 1.54) is 0 Å². The molecule has 134 valence electrons. The number of nitrogens with one attached hydrogen (secondary N) is 2. The van der Waals surface area contributed by atoms with Crippen molar-refractivity contribution in [2.75, 3.05) is 5.75 Å². The number of rotatable bonds is 6. The summed E-state index contributed by atoms with van der Waals surface area (Å²) in [6.45, 7) is 0. The fourth-order valence-corrected chi connectivity index (χ4v) is 3.73. The van der Waals surface area contributed by atoms with Gasteiger partial charge in [0.05, 0.1) is 9.79 Å². The maximum atomic E-state index is 12.8. The van der Waals surface area contributed by atoms with Crippen molar-refractivity contribution in [3.8, 4) is 0 Å². The number of amides is 1. The van der Waals surface area contributed by atoms with Crippen LogP contribution >= 0.6 is 0 Å². The van der Waals surface area contributed by atoms with E-state index >= 15 is 0 Å². The van der Waals surface area contributed by atoms with Gasteiger partial charge in [-0.15, -0.1) is 4.83 Å². The highest BCUT2D eigenvalue weighted by Gasteiger charge is 2.21. The number of benzene rings is 2. The number of sulfonamides is 1.